The number of anilines is 1. The van der Waals surface area contributed by atoms with E-state index < -0.39 is 22.5 Å². The minimum absolute atomic E-state index is 0.0149. The summed E-state index contributed by atoms with van der Waals surface area (Å²) in [7, 11) is -4.12. The normalized spacial score (nSPS) is 11.5. The molecule has 0 aliphatic heterocycles. The molecule has 0 aromatic heterocycles. The SMILES string of the molecule is O=C(CN(CCc1ccccc1)S(=O)(=O)c1cc(Cl)ccc1Cl)Nc1cc(Cl)cc(Cl)c1. The van der Waals surface area contributed by atoms with E-state index in [1.165, 1.54) is 36.4 Å². The van der Waals surface area contributed by atoms with Crippen molar-refractivity contribution in [1.29, 1.82) is 0 Å². The van der Waals surface area contributed by atoms with Gasteiger partial charge in [0.2, 0.25) is 15.9 Å². The highest BCUT2D eigenvalue weighted by molar-refractivity contribution is 7.89. The number of nitrogens with one attached hydrogen (secondary N) is 1. The van der Waals surface area contributed by atoms with Gasteiger partial charge < -0.3 is 5.32 Å². The van der Waals surface area contributed by atoms with Crippen LogP contribution in [0.1, 0.15) is 5.56 Å². The number of hydrogen-bond donors (Lipinski definition) is 1. The first-order chi connectivity index (χ1) is 15.1. The Labute approximate surface area is 206 Å². The first-order valence-electron chi connectivity index (χ1n) is 9.40. The van der Waals surface area contributed by atoms with Crippen LogP contribution in [-0.4, -0.2) is 31.7 Å². The third-order valence-electron chi connectivity index (χ3n) is 4.47. The van der Waals surface area contributed by atoms with Crippen LogP contribution in [0, 0.1) is 0 Å². The lowest BCUT2D eigenvalue weighted by Crippen LogP contribution is -2.39. The van der Waals surface area contributed by atoms with Gasteiger partial charge in [-0.15, -0.1) is 0 Å². The fraction of sp³-hybridized carbons (Fsp3) is 0.136. The molecule has 0 saturated carbocycles. The molecule has 1 amide bonds. The Hall–Kier alpha value is -1.80. The number of halogens is 4. The maximum Gasteiger partial charge on any atom is 0.245 e. The molecule has 0 unspecified atom stereocenters. The molecule has 10 heteroatoms. The highest BCUT2D eigenvalue weighted by Crippen LogP contribution is 2.28. The van der Waals surface area contributed by atoms with Crippen molar-refractivity contribution in [3.05, 3.63) is 92.4 Å². The van der Waals surface area contributed by atoms with Crippen LogP contribution in [0.4, 0.5) is 5.69 Å². The fourth-order valence-electron chi connectivity index (χ4n) is 2.98. The predicted molar refractivity (Wildman–Crippen MR) is 130 cm³/mol. The Morgan fingerprint density at radius 2 is 1.50 bits per heavy atom. The molecule has 32 heavy (non-hydrogen) atoms. The molecular weight excluding hydrogens is 514 g/mol. The average molecular weight is 532 g/mol. The predicted octanol–water partition coefficient (Wildman–Crippen LogP) is 6.17. The monoisotopic (exact) mass is 530 g/mol. The van der Waals surface area contributed by atoms with Crippen molar-refractivity contribution in [3.63, 3.8) is 0 Å². The van der Waals surface area contributed by atoms with Crippen LogP contribution in [0.25, 0.3) is 0 Å². The Morgan fingerprint density at radius 3 is 2.16 bits per heavy atom. The molecule has 168 valence electrons. The number of hydrogen-bond acceptors (Lipinski definition) is 3. The van der Waals surface area contributed by atoms with Gasteiger partial charge in [-0.2, -0.15) is 4.31 Å². The maximum atomic E-state index is 13.4. The molecule has 5 nitrogen and oxygen atoms in total. The van der Waals surface area contributed by atoms with Gasteiger partial charge in [0.25, 0.3) is 0 Å². The van der Waals surface area contributed by atoms with Crippen molar-refractivity contribution in [2.75, 3.05) is 18.4 Å². The van der Waals surface area contributed by atoms with Gasteiger partial charge in [0.15, 0.2) is 0 Å². The van der Waals surface area contributed by atoms with E-state index in [9.17, 15) is 13.2 Å². The lowest BCUT2D eigenvalue weighted by atomic mass is 10.1. The Bertz CT molecular complexity index is 1200. The van der Waals surface area contributed by atoms with Gasteiger partial charge in [-0.05, 0) is 48.4 Å². The molecule has 3 aromatic rings. The van der Waals surface area contributed by atoms with E-state index in [0.29, 0.717) is 22.2 Å². The van der Waals surface area contributed by atoms with Crippen LogP contribution in [0.2, 0.25) is 20.1 Å². The first-order valence-corrected chi connectivity index (χ1v) is 12.4. The molecule has 0 bridgehead atoms. The lowest BCUT2D eigenvalue weighted by Gasteiger charge is -2.22. The van der Waals surface area contributed by atoms with E-state index in [1.54, 1.807) is 0 Å². The number of carbonyl (C=O) groups is 1. The zero-order valence-corrected chi connectivity index (χ0v) is 20.4. The van der Waals surface area contributed by atoms with Gasteiger partial charge in [-0.1, -0.05) is 76.7 Å². The van der Waals surface area contributed by atoms with Crippen LogP contribution in [0.3, 0.4) is 0 Å². The van der Waals surface area contributed by atoms with Gasteiger partial charge in [0.05, 0.1) is 11.6 Å². The van der Waals surface area contributed by atoms with Crippen LogP contribution >= 0.6 is 46.4 Å². The summed E-state index contributed by atoms with van der Waals surface area (Å²) in [6.07, 6.45) is 0.397. The Balaban J connectivity index is 1.87. The van der Waals surface area contributed by atoms with Crippen LogP contribution in [0.5, 0.6) is 0 Å². The van der Waals surface area contributed by atoms with Gasteiger partial charge in [0, 0.05) is 27.3 Å². The fourth-order valence-corrected chi connectivity index (χ4v) is 5.64. The second-order valence-electron chi connectivity index (χ2n) is 6.86. The quantitative estimate of drug-likeness (QED) is 0.378. The molecule has 3 aromatic carbocycles. The number of amides is 1. The minimum Gasteiger partial charge on any atom is -0.325 e. The molecule has 0 aliphatic carbocycles. The van der Waals surface area contributed by atoms with Crippen LogP contribution < -0.4 is 5.32 Å². The number of carbonyl (C=O) groups excluding carboxylic acids is 1. The van der Waals surface area contributed by atoms with Crippen molar-refractivity contribution in [2.45, 2.75) is 11.3 Å². The second-order valence-corrected chi connectivity index (χ2v) is 10.5. The lowest BCUT2D eigenvalue weighted by molar-refractivity contribution is -0.116. The second kappa shape index (κ2) is 10.9. The summed E-state index contributed by atoms with van der Waals surface area (Å²) in [5.74, 6) is -0.557. The van der Waals surface area contributed by atoms with E-state index in [-0.39, 0.29) is 21.5 Å². The van der Waals surface area contributed by atoms with Crippen molar-refractivity contribution in [3.8, 4) is 0 Å². The zero-order valence-electron chi connectivity index (χ0n) is 16.6. The first kappa shape index (κ1) is 24.8. The summed E-state index contributed by atoms with van der Waals surface area (Å²) in [6.45, 7) is -0.388. The van der Waals surface area contributed by atoms with Crippen molar-refractivity contribution in [1.82, 2.24) is 4.31 Å². The highest BCUT2D eigenvalue weighted by atomic mass is 35.5. The third-order valence-corrected chi connectivity index (χ3v) is 7.47. The summed E-state index contributed by atoms with van der Waals surface area (Å²) in [5.41, 5.74) is 1.28. The molecule has 0 radical (unpaired) electrons. The minimum atomic E-state index is -4.12. The van der Waals surface area contributed by atoms with E-state index in [0.717, 1.165) is 9.87 Å². The Kier molecular flexibility index (Phi) is 8.44. The smallest absolute Gasteiger partial charge is 0.245 e. The molecule has 0 saturated heterocycles. The number of rotatable bonds is 8. The van der Waals surface area contributed by atoms with Crippen molar-refractivity contribution < 1.29 is 13.2 Å². The summed E-state index contributed by atoms with van der Waals surface area (Å²) < 4.78 is 27.8. The van der Waals surface area contributed by atoms with Crippen LogP contribution in [-0.2, 0) is 21.2 Å². The standard InChI is InChI=1S/C22H18Cl4N2O3S/c23-16-6-7-20(26)21(13-16)32(30,31)28(9-8-15-4-2-1-3-5-15)14-22(29)27-19-11-17(24)10-18(25)12-19/h1-7,10-13H,8-9,14H2,(H,27,29). The largest absolute Gasteiger partial charge is 0.325 e. The zero-order chi connectivity index (χ0) is 23.3. The van der Waals surface area contributed by atoms with E-state index in [2.05, 4.69) is 5.32 Å². The van der Waals surface area contributed by atoms with Crippen molar-refractivity contribution >= 4 is 68.0 Å². The molecule has 0 atom stereocenters. The summed E-state index contributed by atoms with van der Waals surface area (Å²) in [5, 5.41) is 3.54. The van der Waals surface area contributed by atoms with E-state index in [1.807, 2.05) is 30.3 Å². The topological polar surface area (TPSA) is 66.5 Å². The molecular formula is C22H18Cl4N2O3S. The molecule has 0 fully saturated rings. The molecule has 0 spiro atoms. The van der Waals surface area contributed by atoms with Gasteiger partial charge in [-0.3, -0.25) is 4.79 Å². The van der Waals surface area contributed by atoms with Crippen molar-refractivity contribution in [2.24, 2.45) is 0 Å². The number of benzene rings is 3. The van der Waals surface area contributed by atoms with Gasteiger partial charge >= 0.3 is 0 Å². The molecule has 0 heterocycles. The summed E-state index contributed by atoms with van der Waals surface area (Å²) >= 11 is 24.1. The molecule has 1 N–H and O–H groups in total. The van der Waals surface area contributed by atoms with Crippen LogP contribution in [0.15, 0.2) is 71.6 Å². The summed E-state index contributed by atoms with van der Waals surface area (Å²) in [6, 6.07) is 18.1. The highest BCUT2D eigenvalue weighted by Gasteiger charge is 2.29. The molecule has 3 rings (SSSR count). The maximum absolute atomic E-state index is 13.4. The van der Waals surface area contributed by atoms with Gasteiger partial charge in [0.1, 0.15) is 4.90 Å². The average Bonchev–Trinajstić information content (AvgIpc) is 2.72. The summed E-state index contributed by atoms with van der Waals surface area (Å²) in [4.78, 5) is 12.6. The Morgan fingerprint density at radius 1 is 0.844 bits per heavy atom. The number of sulfonamides is 1. The molecule has 0 aliphatic rings. The van der Waals surface area contributed by atoms with Gasteiger partial charge in [-0.25, -0.2) is 8.42 Å². The van der Waals surface area contributed by atoms with E-state index in [4.69, 9.17) is 46.4 Å². The third kappa shape index (κ3) is 6.61. The number of nitrogens with zero attached hydrogens (tertiary/aromatic N) is 1. The van der Waals surface area contributed by atoms with E-state index >= 15 is 0 Å².